The minimum Gasteiger partial charge on any atom is -0.355 e. The molecule has 7 aromatic carbocycles. The normalized spacial score (nSPS) is 14.2. The van der Waals surface area contributed by atoms with E-state index in [2.05, 4.69) is 227 Å². The molecule has 1 N–H and O–H groups in total. The van der Waals surface area contributed by atoms with Gasteiger partial charge in [0.05, 0.1) is 5.52 Å². The van der Waals surface area contributed by atoms with Crippen LogP contribution in [0, 0.1) is 0 Å². The molecule has 1 radical (unpaired) electrons. The third-order valence-corrected chi connectivity index (χ3v) is 15.2. The molecule has 0 saturated heterocycles. The van der Waals surface area contributed by atoms with Crippen LogP contribution in [0.3, 0.4) is 0 Å². The number of nitrogens with one attached hydrogen (secondary N) is 1. The lowest BCUT2D eigenvalue weighted by Gasteiger charge is -2.31. The van der Waals surface area contributed by atoms with Crippen LogP contribution < -0.4 is 16.2 Å². The molecule has 311 valence electrons. The van der Waals surface area contributed by atoms with Gasteiger partial charge in [-0.1, -0.05) is 167 Å². The van der Waals surface area contributed by atoms with Crippen molar-refractivity contribution in [2.24, 2.45) is 0 Å². The lowest BCUT2D eigenvalue weighted by molar-refractivity contribution is 0.590. The van der Waals surface area contributed by atoms with Crippen LogP contribution in [0.15, 0.2) is 133 Å². The predicted octanol–water partition coefficient (Wildman–Crippen LogP) is 15.2. The van der Waals surface area contributed by atoms with Crippen molar-refractivity contribution < 1.29 is 0 Å². The maximum absolute atomic E-state index is 3.99. The first-order valence-electron chi connectivity index (χ1n) is 22.7. The van der Waals surface area contributed by atoms with Gasteiger partial charge in [-0.15, -0.1) is 11.3 Å². The Labute approximate surface area is 378 Å². The molecule has 2 aromatic heterocycles. The van der Waals surface area contributed by atoms with Crippen molar-refractivity contribution in [3.63, 3.8) is 0 Å². The lowest BCUT2D eigenvalue weighted by Crippen LogP contribution is -2.38. The van der Waals surface area contributed by atoms with Gasteiger partial charge in [-0.05, 0) is 126 Å². The molecule has 0 bridgehead atoms. The molecule has 2 aliphatic rings. The molecule has 1 aliphatic heterocycles. The number of hydrogen-bond donors (Lipinski definition) is 1. The highest BCUT2D eigenvalue weighted by atomic mass is 32.1. The zero-order valence-electron chi connectivity index (χ0n) is 38.6. The van der Waals surface area contributed by atoms with Crippen molar-refractivity contribution in [2.75, 3.05) is 5.32 Å². The Bertz CT molecular complexity index is 3340. The van der Waals surface area contributed by atoms with Crippen LogP contribution in [0.1, 0.15) is 104 Å². The summed E-state index contributed by atoms with van der Waals surface area (Å²) in [5.74, 6) is 0. The molecule has 11 rings (SSSR count). The molecule has 0 saturated carbocycles. The van der Waals surface area contributed by atoms with Crippen LogP contribution in [0.25, 0.3) is 70.3 Å². The van der Waals surface area contributed by atoms with Crippen molar-refractivity contribution in [3.8, 4) is 38.4 Å². The SMILES string of the molecule is CC(C)(C)c1ccc(Nc2ccc(C(C)(C)C)cc2-c2c3c(c4c5cc(C(C)(C)C)ccc5n5c4c2[B]c2cc4cc(-c6ccccc6)sc4cc2-5)-c2ccccc2C3(C)C)cc1. The third kappa shape index (κ3) is 6.19. The summed E-state index contributed by atoms with van der Waals surface area (Å²) in [6.45, 7) is 25.8. The van der Waals surface area contributed by atoms with Gasteiger partial charge in [0.1, 0.15) is 0 Å². The van der Waals surface area contributed by atoms with Gasteiger partial charge in [0.25, 0.3) is 0 Å². The van der Waals surface area contributed by atoms with Crippen LogP contribution in [-0.4, -0.2) is 11.8 Å². The monoisotopic (exact) mass is 835 g/mol. The average molecular weight is 836 g/mol. The van der Waals surface area contributed by atoms with E-state index >= 15 is 0 Å². The van der Waals surface area contributed by atoms with Crippen molar-refractivity contribution in [1.29, 1.82) is 0 Å². The van der Waals surface area contributed by atoms with E-state index in [9.17, 15) is 0 Å². The first-order chi connectivity index (χ1) is 29.9. The standard InChI is InChI=1S/C59H56BN2S/c1-56(2,3)36-21-25-39(26-22-36)61-45-27-23-37(57(4,5)6)31-41(45)52-53-50(40-19-15-16-20-43(40)59(53,10)11)51-42-32-38(58(7,8)9)24-28-46(42)62-47-33-49-35(29-44(47)60-54(52)55(51)62)30-48(63-49)34-17-13-12-14-18-34/h12-33,61H,1-11H3. The number of benzene rings is 7. The number of fused-ring (bicyclic) bond motifs is 10. The highest BCUT2D eigenvalue weighted by molar-refractivity contribution is 7.22. The average Bonchev–Trinajstić information content (AvgIpc) is 3.88. The lowest BCUT2D eigenvalue weighted by atomic mass is 9.57. The summed E-state index contributed by atoms with van der Waals surface area (Å²) < 4.78 is 3.94. The van der Waals surface area contributed by atoms with Crippen molar-refractivity contribution in [3.05, 3.63) is 161 Å². The van der Waals surface area contributed by atoms with Crippen LogP contribution in [0.5, 0.6) is 0 Å². The van der Waals surface area contributed by atoms with Crippen molar-refractivity contribution in [1.82, 2.24) is 4.57 Å². The molecule has 3 heterocycles. The van der Waals surface area contributed by atoms with Crippen molar-refractivity contribution >= 4 is 72.8 Å². The van der Waals surface area contributed by atoms with Gasteiger partial charge in [0.15, 0.2) is 7.28 Å². The summed E-state index contributed by atoms with van der Waals surface area (Å²) in [4.78, 5) is 1.30. The minimum absolute atomic E-state index is 0.00797. The van der Waals surface area contributed by atoms with Gasteiger partial charge < -0.3 is 9.88 Å². The second-order valence-electron chi connectivity index (χ2n) is 21.8. The zero-order chi connectivity index (χ0) is 44.0. The molecule has 9 aromatic rings. The quantitative estimate of drug-likeness (QED) is 0.175. The largest absolute Gasteiger partial charge is 0.355 e. The zero-order valence-corrected chi connectivity index (χ0v) is 39.5. The predicted molar refractivity (Wildman–Crippen MR) is 275 cm³/mol. The first kappa shape index (κ1) is 40.0. The van der Waals surface area contributed by atoms with E-state index in [1.165, 1.54) is 109 Å². The minimum atomic E-state index is -0.276. The molecule has 63 heavy (non-hydrogen) atoms. The van der Waals surface area contributed by atoms with E-state index in [-0.39, 0.29) is 21.7 Å². The Morgan fingerprint density at radius 1 is 0.603 bits per heavy atom. The number of aromatic nitrogens is 1. The molecule has 0 unspecified atom stereocenters. The van der Waals surface area contributed by atoms with Gasteiger partial charge in [-0.3, -0.25) is 0 Å². The molecule has 0 spiro atoms. The second-order valence-corrected chi connectivity index (χ2v) is 22.9. The van der Waals surface area contributed by atoms with E-state index in [0.717, 1.165) is 11.4 Å². The number of nitrogens with zero attached hydrogens (tertiary/aromatic N) is 1. The van der Waals surface area contributed by atoms with Crippen molar-refractivity contribution in [2.45, 2.75) is 97.8 Å². The summed E-state index contributed by atoms with van der Waals surface area (Å²) >= 11 is 1.89. The second kappa shape index (κ2) is 13.6. The fraction of sp³-hybridized carbons (Fsp3) is 0.254. The van der Waals surface area contributed by atoms with Crippen LogP contribution in [0.4, 0.5) is 11.4 Å². The summed E-state index contributed by atoms with van der Waals surface area (Å²) in [6, 6.07) is 50.9. The van der Waals surface area contributed by atoms with E-state index in [0.29, 0.717) is 0 Å². The Morgan fingerprint density at radius 2 is 1.25 bits per heavy atom. The number of thiophene rings is 1. The maximum atomic E-state index is 3.99. The Kier molecular flexibility index (Phi) is 8.62. The summed E-state index contributed by atoms with van der Waals surface area (Å²) in [5, 5.41) is 7.96. The summed E-state index contributed by atoms with van der Waals surface area (Å²) in [5.41, 5.74) is 21.6. The van der Waals surface area contributed by atoms with Gasteiger partial charge >= 0.3 is 0 Å². The molecular formula is C59H56BN2S. The molecular weight excluding hydrogens is 780 g/mol. The van der Waals surface area contributed by atoms with Crippen LogP contribution in [-0.2, 0) is 21.7 Å². The Morgan fingerprint density at radius 3 is 1.97 bits per heavy atom. The summed E-state index contributed by atoms with van der Waals surface area (Å²) in [6.07, 6.45) is 0. The topological polar surface area (TPSA) is 17.0 Å². The fourth-order valence-corrected chi connectivity index (χ4v) is 11.6. The van der Waals surface area contributed by atoms with E-state index in [1.807, 2.05) is 11.3 Å². The molecule has 1 aliphatic carbocycles. The fourth-order valence-electron chi connectivity index (χ4n) is 10.6. The van der Waals surface area contributed by atoms with Gasteiger partial charge in [-0.2, -0.15) is 0 Å². The highest BCUT2D eigenvalue weighted by Gasteiger charge is 2.43. The smallest absolute Gasteiger partial charge is 0.197 e. The van der Waals surface area contributed by atoms with Gasteiger partial charge in [0, 0.05) is 53.9 Å². The molecule has 0 amide bonds. The first-order valence-corrected chi connectivity index (χ1v) is 23.5. The molecule has 0 atom stereocenters. The maximum Gasteiger partial charge on any atom is 0.197 e. The van der Waals surface area contributed by atoms with Gasteiger partial charge in [-0.25, -0.2) is 0 Å². The van der Waals surface area contributed by atoms with Gasteiger partial charge in [0.2, 0.25) is 0 Å². The van der Waals surface area contributed by atoms with E-state index in [4.69, 9.17) is 0 Å². The van der Waals surface area contributed by atoms with Crippen LogP contribution in [0.2, 0.25) is 0 Å². The third-order valence-electron chi connectivity index (χ3n) is 14.1. The number of rotatable bonds is 4. The highest BCUT2D eigenvalue weighted by Crippen LogP contribution is 2.57. The molecule has 4 heteroatoms. The summed E-state index contributed by atoms with van der Waals surface area (Å²) in [7, 11) is 2.54. The van der Waals surface area contributed by atoms with E-state index in [1.54, 1.807) is 0 Å². The molecule has 2 nitrogen and oxygen atoms in total. The van der Waals surface area contributed by atoms with E-state index < -0.39 is 0 Å². The van der Waals surface area contributed by atoms with Crippen LogP contribution >= 0.6 is 11.3 Å². The Hall–Kier alpha value is -5.84. The molecule has 0 fully saturated rings. The number of hydrogen-bond acceptors (Lipinski definition) is 2. The Balaban J connectivity index is 1.28. The number of anilines is 2.